The van der Waals surface area contributed by atoms with E-state index in [1.807, 2.05) is 25.1 Å². The molecule has 0 saturated carbocycles. The predicted octanol–water partition coefficient (Wildman–Crippen LogP) is 3.22. The summed E-state index contributed by atoms with van der Waals surface area (Å²) in [5.74, 6) is -0.174. The smallest absolute Gasteiger partial charge is 0.410 e. The van der Waals surface area contributed by atoms with Gasteiger partial charge in [-0.05, 0) is 26.0 Å². The molecule has 24 heavy (non-hydrogen) atoms. The molecule has 0 aliphatic carbocycles. The molecule has 0 bridgehead atoms. The Morgan fingerprint density at radius 2 is 2.25 bits per heavy atom. The van der Waals surface area contributed by atoms with Gasteiger partial charge in [-0.25, -0.2) is 9.78 Å². The number of amides is 2. The molecule has 0 radical (unpaired) electrons. The molecule has 2 heterocycles. The summed E-state index contributed by atoms with van der Waals surface area (Å²) in [5.41, 5.74) is 2.59. The number of carbonyl (C=O) groups excluding carboxylic acids is 2. The lowest BCUT2D eigenvalue weighted by Gasteiger charge is -2.24. The van der Waals surface area contributed by atoms with Crippen LogP contribution in [-0.4, -0.2) is 35.0 Å². The number of hydrogen-bond acceptors (Lipinski definition) is 5. The SMILES string of the molecule is CCOC(=O)N1CCc2nc(NC(=O)c3cccc(C)c3)sc2C1. The van der Waals surface area contributed by atoms with Crippen molar-refractivity contribution in [2.45, 2.75) is 26.8 Å². The molecule has 0 spiro atoms. The Kier molecular flexibility index (Phi) is 4.80. The Morgan fingerprint density at radius 3 is 3.00 bits per heavy atom. The number of carbonyl (C=O) groups is 2. The molecule has 1 aliphatic heterocycles. The summed E-state index contributed by atoms with van der Waals surface area (Å²) in [6.07, 6.45) is 0.368. The van der Waals surface area contributed by atoms with Crippen molar-refractivity contribution in [1.82, 2.24) is 9.88 Å². The molecule has 0 saturated heterocycles. The largest absolute Gasteiger partial charge is 0.450 e. The first kappa shape index (κ1) is 16.4. The molecule has 1 aromatic carbocycles. The van der Waals surface area contributed by atoms with Gasteiger partial charge in [-0.15, -0.1) is 0 Å². The fourth-order valence-electron chi connectivity index (χ4n) is 2.58. The molecule has 0 unspecified atom stereocenters. The second-order valence-electron chi connectivity index (χ2n) is 5.58. The van der Waals surface area contributed by atoms with Crippen LogP contribution in [0.4, 0.5) is 9.93 Å². The van der Waals surface area contributed by atoms with E-state index < -0.39 is 0 Å². The van der Waals surface area contributed by atoms with Gasteiger partial charge >= 0.3 is 6.09 Å². The minimum Gasteiger partial charge on any atom is -0.450 e. The summed E-state index contributed by atoms with van der Waals surface area (Å²) in [6.45, 7) is 5.16. The van der Waals surface area contributed by atoms with E-state index in [1.165, 1.54) is 11.3 Å². The summed E-state index contributed by atoms with van der Waals surface area (Å²) in [5, 5.41) is 3.41. The highest BCUT2D eigenvalue weighted by atomic mass is 32.1. The van der Waals surface area contributed by atoms with Crippen molar-refractivity contribution >= 4 is 28.5 Å². The summed E-state index contributed by atoms with van der Waals surface area (Å²) < 4.78 is 5.04. The van der Waals surface area contributed by atoms with Gasteiger partial charge in [-0.1, -0.05) is 29.0 Å². The maximum Gasteiger partial charge on any atom is 0.410 e. The second-order valence-corrected chi connectivity index (χ2v) is 6.67. The molecular formula is C17H19N3O3S. The summed E-state index contributed by atoms with van der Waals surface area (Å²) in [6, 6.07) is 7.42. The van der Waals surface area contributed by atoms with Crippen LogP contribution in [0.3, 0.4) is 0 Å². The average Bonchev–Trinajstić information content (AvgIpc) is 2.96. The maximum absolute atomic E-state index is 12.3. The highest BCUT2D eigenvalue weighted by molar-refractivity contribution is 7.15. The number of nitrogens with zero attached hydrogens (tertiary/aromatic N) is 2. The van der Waals surface area contributed by atoms with Gasteiger partial charge in [0.25, 0.3) is 5.91 Å². The van der Waals surface area contributed by atoms with Crippen molar-refractivity contribution in [2.75, 3.05) is 18.5 Å². The number of anilines is 1. The van der Waals surface area contributed by atoms with Gasteiger partial charge in [-0.3, -0.25) is 10.1 Å². The summed E-state index contributed by atoms with van der Waals surface area (Å²) >= 11 is 1.41. The number of thiazole rings is 1. The third-order valence-corrected chi connectivity index (χ3v) is 4.76. The zero-order valence-electron chi connectivity index (χ0n) is 13.7. The minimum absolute atomic E-state index is 0.174. The number of benzene rings is 1. The molecule has 0 fully saturated rings. The molecule has 0 atom stereocenters. The molecule has 6 nitrogen and oxygen atoms in total. The number of hydrogen-bond donors (Lipinski definition) is 1. The Bertz CT molecular complexity index is 772. The zero-order chi connectivity index (χ0) is 17.1. The van der Waals surface area contributed by atoms with Crippen molar-refractivity contribution in [3.05, 3.63) is 46.0 Å². The van der Waals surface area contributed by atoms with E-state index in [0.29, 0.717) is 36.8 Å². The number of ether oxygens (including phenoxy) is 1. The van der Waals surface area contributed by atoms with Gasteiger partial charge in [-0.2, -0.15) is 0 Å². The molecule has 126 valence electrons. The zero-order valence-corrected chi connectivity index (χ0v) is 14.5. The third kappa shape index (κ3) is 3.56. The molecule has 1 aliphatic rings. The van der Waals surface area contributed by atoms with Crippen molar-refractivity contribution in [1.29, 1.82) is 0 Å². The topological polar surface area (TPSA) is 71.5 Å². The van der Waals surface area contributed by atoms with Crippen LogP contribution < -0.4 is 5.32 Å². The van der Waals surface area contributed by atoms with Crippen molar-refractivity contribution in [2.24, 2.45) is 0 Å². The molecule has 7 heteroatoms. The third-order valence-electron chi connectivity index (χ3n) is 3.76. The van der Waals surface area contributed by atoms with Gasteiger partial charge in [0.1, 0.15) is 0 Å². The normalized spacial score (nSPS) is 13.3. The van der Waals surface area contributed by atoms with E-state index >= 15 is 0 Å². The number of aromatic nitrogens is 1. The average molecular weight is 345 g/mol. The van der Waals surface area contributed by atoms with Gasteiger partial charge in [0, 0.05) is 23.4 Å². The van der Waals surface area contributed by atoms with Crippen LogP contribution in [0.2, 0.25) is 0 Å². The molecular weight excluding hydrogens is 326 g/mol. The highest BCUT2D eigenvalue weighted by Crippen LogP contribution is 2.29. The van der Waals surface area contributed by atoms with E-state index in [1.54, 1.807) is 17.9 Å². The van der Waals surface area contributed by atoms with Crippen LogP contribution in [0.5, 0.6) is 0 Å². The summed E-state index contributed by atoms with van der Waals surface area (Å²) in [4.78, 5) is 31.3. The first-order valence-corrected chi connectivity index (χ1v) is 8.66. The van der Waals surface area contributed by atoms with E-state index in [9.17, 15) is 9.59 Å². The Morgan fingerprint density at radius 1 is 1.42 bits per heavy atom. The fourth-order valence-corrected chi connectivity index (χ4v) is 3.59. The molecule has 1 N–H and O–H groups in total. The molecule has 2 aromatic rings. The Labute approximate surface area is 144 Å². The second kappa shape index (κ2) is 7.00. The first-order chi connectivity index (χ1) is 11.6. The quantitative estimate of drug-likeness (QED) is 0.927. The van der Waals surface area contributed by atoms with E-state index in [0.717, 1.165) is 16.1 Å². The van der Waals surface area contributed by atoms with Crippen LogP contribution in [0, 0.1) is 6.92 Å². The highest BCUT2D eigenvalue weighted by Gasteiger charge is 2.25. The minimum atomic E-state index is -0.304. The van der Waals surface area contributed by atoms with E-state index in [4.69, 9.17) is 4.74 Å². The molecule has 1 aromatic heterocycles. The number of fused-ring (bicyclic) bond motifs is 1. The van der Waals surface area contributed by atoms with Crippen molar-refractivity contribution in [3.8, 4) is 0 Å². The Balaban J connectivity index is 1.70. The van der Waals surface area contributed by atoms with Crippen molar-refractivity contribution < 1.29 is 14.3 Å². The standard InChI is InChI=1S/C17H19N3O3S/c1-3-23-17(22)20-8-7-13-14(10-20)24-16(18-13)19-15(21)12-6-4-5-11(2)9-12/h4-6,9H,3,7-8,10H2,1-2H3,(H,18,19,21). The van der Waals surface area contributed by atoms with Gasteiger partial charge in [0.05, 0.1) is 18.8 Å². The number of rotatable bonds is 3. The monoisotopic (exact) mass is 345 g/mol. The van der Waals surface area contributed by atoms with Gasteiger partial charge < -0.3 is 9.64 Å². The number of aryl methyl sites for hydroxylation is 1. The number of nitrogens with one attached hydrogen (secondary N) is 1. The molecule has 2 amide bonds. The lowest BCUT2D eigenvalue weighted by molar-refractivity contribution is 0.102. The molecule has 3 rings (SSSR count). The van der Waals surface area contributed by atoms with Crippen LogP contribution in [-0.2, 0) is 17.7 Å². The van der Waals surface area contributed by atoms with E-state index in [-0.39, 0.29) is 12.0 Å². The van der Waals surface area contributed by atoms with Crippen molar-refractivity contribution in [3.63, 3.8) is 0 Å². The van der Waals surface area contributed by atoms with Crippen LogP contribution >= 0.6 is 11.3 Å². The lowest BCUT2D eigenvalue weighted by Crippen LogP contribution is -2.35. The first-order valence-electron chi connectivity index (χ1n) is 7.85. The Hall–Kier alpha value is -2.41. The van der Waals surface area contributed by atoms with E-state index in [2.05, 4.69) is 10.3 Å². The lowest BCUT2D eigenvalue weighted by atomic mass is 10.1. The van der Waals surface area contributed by atoms with Crippen LogP contribution in [0.15, 0.2) is 24.3 Å². The van der Waals surface area contributed by atoms with Gasteiger partial charge in [0.2, 0.25) is 0 Å². The summed E-state index contributed by atoms with van der Waals surface area (Å²) in [7, 11) is 0. The van der Waals surface area contributed by atoms with Crippen LogP contribution in [0.1, 0.15) is 33.4 Å². The van der Waals surface area contributed by atoms with Crippen LogP contribution in [0.25, 0.3) is 0 Å². The maximum atomic E-state index is 12.3. The van der Waals surface area contributed by atoms with Gasteiger partial charge in [0.15, 0.2) is 5.13 Å². The fraction of sp³-hybridized carbons (Fsp3) is 0.353. The predicted molar refractivity (Wildman–Crippen MR) is 92.4 cm³/mol.